The summed E-state index contributed by atoms with van der Waals surface area (Å²) in [6.45, 7) is 0. The zero-order valence-electron chi connectivity index (χ0n) is 8.47. The molecule has 82 valence electrons. The van der Waals surface area contributed by atoms with E-state index in [1.165, 1.54) is 18.2 Å². The first-order valence-corrected chi connectivity index (χ1v) is 5.30. The van der Waals surface area contributed by atoms with Gasteiger partial charge in [-0.3, -0.25) is 0 Å². The minimum Gasteiger partial charge on any atom is -0.385 e. The number of rotatable bonds is 1. The van der Waals surface area contributed by atoms with Crippen molar-refractivity contribution in [3.8, 4) is 0 Å². The second-order valence-corrected chi connectivity index (χ2v) is 4.19. The van der Waals surface area contributed by atoms with Crippen molar-refractivity contribution in [3.63, 3.8) is 0 Å². The van der Waals surface area contributed by atoms with Crippen LogP contribution in [0.3, 0.4) is 0 Å². The van der Waals surface area contributed by atoms with E-state index in [2.05, 4.69) is 0 Å². The summed E-state index contributed by atoms with van der Waals surface area (Å²) in [6.07, 6.45) is 3.57. The Morgan fingerprint density at radius 2 is 1.53 bits per heavy atom. The molecule has 0 spiro atoms. The number of hydrogen-bond donors (Lipinski definition) is 1. The van der Waals surface area contributed by atoms with E-state index in [4.69, 9.17) is 0 Å². The lowest BCUT2D eigenvalue weighted by Gasteiger charge is -2.32. The molecule has 0 aromatic heterocycles. The van der Waals surface area contributed by atoms with Crippen molar-refractivity contribution in [2.75, 3.05) is 0 Å². The summed E-state index contributed by atoms with van der Waals surface area (Å²) >= 11 is 0. The standard InChI is InChI=1S/C12H14F2O/c13-9-5-4-6-10(14)11(9)12(15)7-2-1-3-8-12/h4-6,15H,1-3,7-8H2. The number of halogens is 2. The van der Waals surface area contributed by atoms with Crippen molar-refractivity contribution in [1.82, 2.24) is 0 Å². The second-order valence-electron chi connectivity index (χ2n) is 4.19. The first kappa shape index (κ1) is 10.6. The minimum absolute atomic E-state index is 0.148. The molecule has 2 rings (SSSR count). The fraction of sp³-hybridized carbons (Fsp3) is 0.500. The average molecular weight is 212 g/mol. The van der Waals surface area contributed by atoms with Gasteiger partial charge in [-0.25, -0.2) is 8.78 Å². The molecule has 0 amide bonds. The van der Waals surface area contributed by atoms with Gasteiger partial charge in [0.05, 0.1) is 11.2 Å². The Morgan fingerprint density at radius 3 is 2.07 bits per heavy atom. The summed E-state index contributed by atoms with van der Waals surface area (Å²) in [7, 11) is 0. The van der Waals surface area contributed by atoms with E-state index in [0.717, 1.165) is 19.3 Å². The highest BCUT2D eigenvalue weighted by molar-refractivity contribution is 5.26. The molecule has 1 fully saturated rings. The molecule has 1 aliphatic carbocycles. The lowest BCUT2D eigenvalue weighted by Crippen LogP contribution is -2.30. The summed E-state index contributed by atoms with van der Waals surface area (Å²) in [5.41, 5.74) is -1.45. The van der Waals surface area contributed by atoms with Crippen LogP contribution >= 0.6 is 0 Å². The molecule has 15 heavy (non-hydrogen) atoms. The fourth-order valence-corrected chi connectivity index (χ4v) is 2.33. The van der Waals surface area contributed by atoms with Gasteiger partial charge in [0.2, 0.25) is 0 Å². The maximum atomic E-state index is 13.5. The van der Waals surface area contributed by atoms with Gasteiger partial charge < -0.3 is 5.11 Å². The summed E-state index contributed by atoms with van der Waals surface area (Å²) in [4.78, 5) is 0. The third-order valence-corrected chi connectivity index (χ3v) is 3.11. The number of hydrogen-bond acceptors (Lipinski definition) is 1. The largest absolute Gasteiger partial charge is 0.385 e. The second kappa shape index (κ2) is 3.89. The normalized spacial score (nSPS) is 20.2. The zero-order valence-corrected chi connectivity index (χ0v) is 8.47. The Bertz CT molecular complexity index is 336. The first-order valence-electron chi connectivity index (χ1n) is 5.30. The van der Waals surface area contributed by atoms with E-state index >= 15 is 0 Å². The van der Waals surface area contributed by atoms with Crippen LogP contribution in [-0.4, -0.2) is 5.11 Å². The third kappa shape index (κ3) is 1.88. The molecule has 1 N–H and O–H groups in total. The van der Waals surface area contributed by atoms with Crippen molar-refractivity contribution < 1.29 is 13.9 Å². The molecule has 1 saturated carbocycles. The molecule has 0 aliphatic heterocycles. The van der Waals surface area contributed by atoms with Crippen LogP contribution in [0.2, 0.25) is 0 Å². The van der Waals surface area contributed by atoms with Crippen LogP contribution in [0.15, 0.2) is 18.2 Å². The SMILES string of the molecule is OC1(c2c(F)cccc2F)CCCCC1. The molecule has 0 radical (unpaired) electrons. The molecule has 0 bridgehead atoms. The van der Waals surface area contributed by atoms with Gasteiger partial charge in [-0.2, -0.15) is 0 Å². The van der Waals surface area contributed by atoms with Gasteiger partial charge in [-0.05, 0) is 25.0 Å². The summed E-state index contributed by atoms with van der Waals surface area (Å²) < 4.78 is 27.0. The van der Waals surface area contributed by atoms with Crippen molar-refractivity contribution in [2.45, 2.75) is 37.7 Å². The van der Waals surface area contributed by atoms with Gasteiger partial charge in [-0.1, -0.05) is 25.3 Å². The van der Waals surface area contributed by atoms with Gasteiger partial charge in [0.25, 0.3) is 0 Å². The van der Waals surface area contributed by atoms with Crippen LogP contribution in [0.1, 0.15) is 37.7 Å². The van der Waals surface area contributed by atoms with Gasteiger partial charge in [0, 0.05) is 0 Å². The predicted molar refractivity (Wildman–Crippen MR) is 53.3 cm³/mol. The van der Waals surface area contributed by atoms with Crippen molar-refractivity contribution in [3.05, 3.63) is 35.4 Å². The Hall–Kier alpha value is -0.960. The van der Waals surface area contributed by atoms with Crippen LogP contribution in [0.4, 0.5) is 8.78 Å². The van der Waals surface area contributed by atoms with Crippen LogP contribution in [-0.2, 0) is 5.60 Å². The monoisotopic (exact) mass is 212 g/mol. The smallest absolute Gasteiger partial charge is 0.132 e. The van der Waals surface area contributed by atoms with Crippen molar-refractivity contribution in [1.29, 1.82) is 0 Å². The van der Waals surface area contributed by atoms with Gasteiger partial charge in [0.15, 0.2) is 0 Å². The molecule has 0 atom stereocenters. The molecular weight excluding hydrogens is 198 g/mol. The van der Waals surface area contributed by atoms with Crippen molar-refractivity contribution >= 4 is 0 Å². The van der Waals surface area contributed by atoms with Gasteiger partial charge in [-0.15, -0.1) is 0 Å². The lowest BCUT2D eigenvalue weighted by atomic mass is 9.79. The molecule has 0 unspecified atom stereocenters. The highest BCUT2D eigenvalue weighted by Gasteiger charge is 2.35. The van der Waals surface area contributed by atoms with Crippen LogP contribution in [0.5, 0.6) is 0 Å². The molecule has 1 aliphatic rings. The lowest BCUT2D eigenvalue weighted by molar-refractivity contribution is -0.00701. The highest BCUT2D eigenvalue weighted by atomic mass is 19.1. The number of benzene rings is 1. The molecule has 1 aromatic rings. The maximum Gasteiger partial charge on any atom is 0.132 e. The Morgan fingerprint density at radius 1 is 1.00 bits per heavy atom. The summed E-state index contributed by atoms with van der Waals surface area (Å²) in [5, 5.41) is 10.2. The topological polar surface area (TPSA) is 20.2 Å². The highest BCUT2D eigenvalue weighted by Crippen LogP contribution is 2.39. The number of aliphatic hydroxyl groups is 1. The van der Waals surface area contributed by atoms with E-state index in [0.29, 0.717) is 12.8 Å². The fourth-order valence-electron chi connectivity index (χ4n) is 2.33. The summed E-state index contributed by atoms with van der Waals surface area (Å²) in [5.74, 6) is -1.28. The van der Waals surface area contributed by atoms with Gasteiger partial charge >= 0.3 is 0 Å². The first-order chi connectivity index (χ1) is 7.13. The maximum absolute atomic E-state index is 13.5. The van der Waals surface area contributed by atoms with Crippen LogP contribution < -0.4 is 0 Å². The molecule has 1 aromatic carbocycles. The van der Waals surface area contributed by atoms with E-state index in [1.807, 2.05) is 0 Å². The Balaban J connectivity index is 2.42. The molecule has 0 heterocycles. The predicted octanol–water partition coefficient (Wildman–Crippen LogP) is 3.12. The molecule has 3 heteroatoms. The summed E-state index contributed by atoms with van der Waals surface area (Å²) in [6, 6.07) is 3.72. The van der Waals surface area contributed by atoms with E-state index in [9.17, 15) is 13.9 Å². The Labute approximate surface area is 87.7 Å². The molecular formula is C12H14F2O. The minimum atomic E-state index is -1.30. The Kier molecular flexibility index (Phi) is 2.74. The molecule has 0 saturated heterocycles. The van der Waals surface area contributed by atoms with Gasteiger partial charge in [0.1, 0.15) is 11.6 Å². The third-order valence-electron chi connectivity index (χ3n) is 3.11. The van der Waals surface area contributed by atoms with E-state index in [1.54, 1.807) is 0 Å². The quantitative estimate of drug-likeness (QED) is 0.758. The zero-order chi connectivity index (χ0) is 10.9. The van der Waals surface area contributed by atoms with Crippen LogP contribution in [0.25, 0.3) is 0 Å². The van der Waals surface area contributed by atoms with Crippen LogP contribution in [0, 0.1) is 11.6 Å². The van der Waals surface area contributed by atoms with E-state index < -0.39 is 17.2 Å². The van der Waals surface area contributed by atoms with Crippen molar-refractivity contribution in [2.24, 2.45) is 0 Å². The molecule has 1 nitrogen and oxygen atoms in total. The van der Waals surface area contributed by atoms with E-state index in [-0.39, 0.29) is 5.56 Å². The average Bonchev–Trinajstić information content (AvgIpc) is 2.18.